The van der Waals surface area contributed by atoms with E-state index < -0.39 is 6.36 Å². The number of likely N-dealkylation sites (tertiary alicyclic amines) is 1. The highest BCUT2D eigenvalue weighted by Gasteiger charge is 2.31. The van der Waals surface area contributed by atoms with Crippen LogP contribution in [0.5, 0.6) is 11.5 Å². The lowest BCUT2D eigenvalue weighted by atomic mass is 9.97. The van der Waals surface area contributed by atoms with Crippen LogP contribution in [0.3, 0.4) is 0 Å². The molecule has 0 bridgehead atoms. The molecule has 0 radical (unpaired) electrons. The topological polar surface area (TPSA) is 63.7 Å². The zero-order valence-corrected chi connectivity index (χ0v) is 14.3. The van der Waals surface area contributed by atoms with Gasteiger partial charge in [0, 0.05) is 25.4 Å². The third-order valence-corrected chi connectivity index (χ3v) is 3.99. The van der Waals surface area contributed by atoms with Crippen molar-refractivity contribution in [1.29, 1.82) is 0 Å². The lowest BCUT2D eigenvalue weighted by Crippen LogP contribution is -2.52. The molecule has 1 aromatic heterocycles. The summed E-state index contributed by atoms with van der Waals surface area (Å²) in [6.07, 6.45) is -0.842. The number of pyridine rings is 1. The number of hydrogen-bond acceptors (Lipinski definition) is 4. The zero-order valence-electron chi connectivity index (χ0n) is 14.3. The van der Waals surface area contributed by atoms with E-state index in [2.05, 4.69) is 15.0 Å². The molecule has 27 heavy (non-hydrogen) atoms. The van der Waals surface area contributed by atoms with Gasteiger partial charge in [0.25, 0.3) is 0 Å². The fourth-order valence-electron chi connectivity index (χ4n) is 2.66. The standard InChI is InChI=1S/C18H18F3N3O3/c19-18(20,21)27-16-5-1-4-15(9-16)26-8-6-13-11-24(12-13)17(25)23-14-3-2-7-22-10-14/h1-5,7,9-10,13H,6,8,11-12H2,(H,23,25). The van der Waals surface area contributed by atoms with Gasteiger partial charge in [-0.2, -0.15) is 0 Å². The average molecular weight is 381 g/mol. The second-order valence-corrected chi connectivity index (χ2v) is 6.10. The Balaban J connectivity index is 1.37. The number of carbonyl (C=O) groups is 1. The van der Waals surface area contributed by atoms with Crippen molar-refractivity contribution in [3.63, 3.8) is 0 Å². The molecule has 1 aromatic carbocycles. The Labute approximate surface area is 153 Å². The molecule has 2 amide bonds. The molecule has 1 aliphatic heterocycles. The lowest BCUT2D eigenvalue weighted by Gasteiger charge is -2.39. The molecule has 2 aromatic rings. The molecule has 0 spiro atoms. The number of aromatic nitrogens is 1. The van der Waals surface area contributed by atoms with Gasteiger partial charge in [-0.3, -0.25) is 4.98 Å². The Morgan fingerprint density at radius 1 is 1.22 bits per heavy atom. The molecule has 1 saturated heterocycles. The van der Waals surface area contributed by atoms with Crippen LogP contribution < -0.4 is 14.8 Å². The predicted octanol–water partition coefficient (Wildman–Crippen LogP) is 3.91. The van der Waals surface area contributed by atoms with Crippen LogP contribution in [0.25, 0.3) is 0 Å². The van der Waals surface area contributed by atoms with E-state index in [1.807, 2.05) is 0 Å². The molecule has 1 aliphatic rings. The third kappa shape index (κ3) is 5.77. The van der Waals surface area contributed by atoms with Crippen molar-refractivity contribution in [2.45, 2.75) is 12.8 Å². The third-order valence-electron chi connectivity index (χ3n) is 3.99. The maximum atomic E-state index is 12.2. The van der Waals surface area contributed by atoms with Gasteiger partial charge >= 0.3 is 12.4 Å². The van der Waals surface area contributed by atoms with Gasteiger partial charge in [-0.05, 0) is 36.6 Å². The Hall–Kier alpha value is -2.97. The Bertz CT molecular complexity index is 765. The summed E-state index contributed by atoms with van der Waals surface area (Å²) in [6, 6.07) is 8.72. The summed E-state index contributed by atoms with van der Waals surface area (Å²) in [5.41, 5.74) is 0.634. The van der Waals surface area contributed by atoms with Crippen LogP contribution in [0.15, 0.2) is 48.8 Å². The van der Waals surface area contributed by atoms with Crippen molar-refractivity contribution in [2.24, 2.45) is 5.92 Å². The van der Waals surface area contributed by atoms with Crippen molar-refractivity contribution in [3.8, 4) is 11.5 Å². The van der Waals surface area contributed by atoms with Gasteiger partial charge in [0.1, 0.15) is 11.5 Å². The van der Waals surface area contributed by atoms with Gasteiger partial charge in [-0.25, -0.2) is 4.79 Å². The highest BCUT2D eigenvalue weighted by atomic mass is 19.4. The van der Waals surface area contributed by atoms with Gasteiger partial charge in [-0.1, -0.05) is 6.07 Å². The molecule has 2 heterocycles. The second-order valence-electron chi connectivity index (χ2n) is 6.10. The number of ether oxygens (including phenoxy) is 2. The number of anilines is 1. The molecule has 3 rings (SSSR count). The van der Waals surface area contributed by atoms with Crippen LogP contribution >= 0.6 is 0 Å². The smallest absolute Gasteiger partial charge is 0.493 e. The van der Waals surface area contributed by atoms with Crippen LogP contribution in [-0.4, -0.2) is 42.0 Å². The number of benzene rings is 1. The van der Waals surface area contributed by atoms with Crippen LogP contribution in [0, 0.1) is 5.92 Å². The highest BCUT2D eigenvalue weighted by Crippen LogP contribution is 2.27. The summed E-state index contributed by atoms with van der Waals surface area (Å²) in [6.45, 7) is 1.55. The molecule has 9 heteroatoms. The van der Waals surface area contributed by atoms with Crippen molar-refractivity contribution in [2.75, 3.05) is 25.0 Å². The number of urea groups is 1. The first kappa shape index (κ1) is 18.8. The number of carbonyl (C=O) groups excluding carboxylic acids is 1. The molecule has 0 saturated carbocycles. The summed E-state index contributed by atoms with van der Waals surface area (Å²) < 4.78 is 46.0. The number of nitrogens with one attached hydrogen (secondary N) is 1. The number of halogens is 3. The van der Waals surface area contributed by atoms with Crippen molar-refractivity contribution < 1.29 is 27.4 Å². The quantitative estimate of drug-likeness (QED) is 0.824. The zero-order chi connectivity index (χ0) is 19.3. The molecule has 0 aliphatic carbocycles. The average Bonchev–Trinajstić information content (AvgIpc) is 2.56. The minimum absolute atomic E-state index is 0.183. The minimum Gasteiger partial charge on any atom is -0.493 e. The van der Waals surface area contributed by atoms with E-state index in [1.54, 1.807) is 35.5 Å². The number of amides is 2. The van der Waals surface area contributed by atoms with E-state index in [-0.39, 0.29) is 11.8 Å². The van der Waals surface area contributed by atoms with Crippen LogP contribution in [0.2, 0.25) is 0 Å². The minimum atomic E-state index is -4.73. The van der Waals surface area contributed by atoms with Crippen LogP contribution in [-0.2, 0) is 0 Å². The highest BCUT2D eigenvalue weighted by molar-refractivity contribution is 5.89. The van der Waals surface area contributed by atoms with E-state index in [9.17, 15) is 18.0 Å². The summed E-state index contributed by atoms with van der Waals surface area (Å²) in [7, 11) is 0. The summed E-state index contributed by atoms with van der Waals surface area (Å²) in [4.78, 5) is 17.6. The molecule has 6 nitrogen and oxygen atoms in total. The molecule has 0 atom stereocenters. The first-order chi connectivity index (χ1) is 12.9. The Morgan fingerprint density at radius 3 is 2.70 bits per heavy atom. The Kier molecular flexibility index (Phi) is 5.68. The van der Waals surface area contributed by atoms with Crippen molar-refractivity contribution in [3.05, 3.63) is 48.8 Å². The summed E-state index contributed by atoms with van der Waals surface area (Å²) in [5, 5.41) is 2.76. The molecule has 144 valence electrons. The second kappa shape index (κ2) is 8.15. The monoisotopic (exact) mass is 381 g/mol. The predicted molar refractivity (Wildman–Crippen MR) is 91.6 cm³/mol. The fourth-order valence-corrected chi connectivity index (χ4v) is 2.66. The molecule has 0 unspecified atom stereocenters. The molecule has 1 N–H and O–H groups in total. The SMILES string of the molecule is O=C(Nc1cccnc1)N1CC(CCOc2cccc(OC(F)(F)F)c2)C1. The maximum Gasteiger partial charge on any atom is 0.573 e. The molecule has 1 fully saturated rings. The largest absolute Gasteiger partial charge is 0.573 e. The number of alkyl halides is 3. The van der Waals surface area contributed by atoms with E-state index in [0.717, 1.165) is 0 Å². The van der Waals surface area contributed by atoms with Gasteiger partial charge in [0.05, 0.1) is 18.5 Å². The fraction of sp³-hybridized carbons (Fsp3) is 0.333. The summed E-state index contributed by atoms with van der Waals surface area (Å²) >= 11 is 0. The van der Waals surface area contributed by atoms with Gasteiger partial charge in [0.2, 0.25) is 0 Å². The number of rotatable bonds is 6. The van der Waals surface area contributed by atoms with Crippen LogP contribution in [0.1, 0.15) is 6.42 Å². The van der Waals surface area contributed by atoms with E-state index in [4.69, 9.17) is 4.74 Å². The normalized spacial score (nSPS) is 14.4. The van der Waals surface area contributed by atoms with Gasteiger partial charge in [0.15, 0.2) is 0 Å². The van der Waals surface area contributed by atoms with E-state index in [0.29, 0.717) is 43.5 Å². The maximum absolute atomic E-state index is 12.2. The van der Waals surface area contributed by atoms with E-state index >= 15 is 0 Å². The van der Waals surface area contributed by atoms with Gasteiger partial charge in [-0.15, -0.1) is 13.2 Å². The first-order valence-corrected chi connectivity index (χ1v) is 8.33. The summed E-state index contributed by atoms with van der Waals surface area (Å²) in [5.74, 6) is 0.281. The number of hydrogen-bond donors (Lipinski definition) is 1. The first-order valence-electron chi connectivity index (χ1n) is 8.33. The van der Waals surface area contributed by atoms with Gasteiger partial charge < -0.3 is 19.7 Å². The van der Waals surface area contributed by atoms with Crippen molar-refractivity contribution >= 4 is 11.7 Å². The molecular formula is C18H18F3N3O3. The van der Waals surface area contributed by atoms with Crippen molar-refractivity contribution in [1.82, 2.24) is 9.88 Å². The lowest BCUT2D eigenvalue weighted by molar-refractivity contribution is -0.274. The number of nitrogens with zero attached hydrogens (tertiary/aromatic N) is 2. The van der Waals surface area contributed by atoms with E-state index in [1.165, 1.54) is 18.2 Å². The molecular weight excluding hydrogens is 363 g/mol. The van der Waals surface area contributed by atoms with Crippen LogP contribution in [0.4, 0.5) is 23.7 Å². The Morgan fingerprint density at radius 2 is 2.00 bits per heavy atom.